The molecule has 1 aliphatic heterocycles. The average molecular weight is 356 g/mol. The molecule has 2 aliphatic rings. The topological polar surface area (TPSA) is 45.2 Å². The van der Waals surface area contributed by atoms with Gasteiger partial charge in [0.25, 0.3) is 0 Å². The molecule has 4 nitrogen and oxygen atoms in total. The Labute approximate surface area is 153 Å². The van der Waals surface area contributed by atoms with E-state index in [1.165, 1.54) is 5.56 Å². The van der Waals surface area contributed by atoms with E-state index in [0.29, 0.717) is 12.0 Å². The lowest BCUT2D eigenvalue weighted by atomic mass is 9.90. The standard InChI is InChI=1S/C20H25N3OS/c24-19(22-9-4-17-3-1-2-8-21-17)18-13-20(18)6-10-23(11-7-20)14-16-5-12-25-15-16/h1-3,5,8,12,15,18H,4,6-7,9-11,13-14H2,(H,22,24). The lowest BCUT2D eigenvalue weighted by Gasteiger charge is -2.32. The molecule has 2 aromatic rings. The first kappa shape index (κ1) is 16.7. The van der Waals surface area contributed by atoms with E-state index < -0.39 is 0 Å². The van der Waals surface area contributed by atoms with Crippen molar-refractivity contribution >= 4 is 17.2 Å². The maximum absolute atomic E-state index is 12.5. The Morgan fingerprint density at radius 3 is 2.92 bits per heavy atom. The van der Waals surface area contributed by atoms with Gasteiger partial charge in [0.05, 0.1) is 0 Å². The minimum absolute atomic E-state index is 0.236. The molecule has 5 heteroatoms. The van der Waals surface area contributed by atoms with E-state index in [4.69, 9.17) is 0 Å². The predicted octanol–water partition coefficient (Wildman–Crippen LogP) is 3.10. The molecular weight excluding hydrogens is 330 g/mol. The molecule has 132 valence electrons. The number of carbonyl (C=O) groups is 1. The monoisotopic (exact) mass is 355 g/mol. The summed E-state index contributed by atoms with van der Waals surface area (Å²) in [5, 5.41) is 7.50. The Morgan fingerprint density at radius 2 is 2.20 bits per heavy atom. The van der Waals surface area contributed by atoms with Gasteiger partial charge in [-0.3, -0.25) is 14.7 Å². The molecule has 1 aliphatic carbocycles. The SMILES string of the molecule is O=C(NCCc1ccccn1)C1CC12CCN(Cc1ccsc1)CC2. The number of piperidine rings is 1. The van der Waals surface area contributed by atoms with Gasteiger partial charge in [0, 0.05) is 37.3 Å². The van der Waals surface area contributed by atoms with E-state index in [2.05, 4.69) is 32.0 Å². The van der Waals surface area contributed by atoms with E-state index in [9.17, 15) is 4.79 Å². The molecule has 0 aromatic carbocycles. The molecule has 1 atom stereocenters. The third-order valence-electron chi connectivity index (χ3n) is 5.75. The summed E-state index contributed by atoms with van der Waals surface area (Å²) >= 11 is 1.77. The van der Waals surface area contributed by atoms with Crippen LogP contribution in [0.1, 0.15) is 30.5 Å². The summed E-state index contributed by atoms with van der Waals surface area (Å²) in [5.41, 5.74) is 2.75. The Kier molecular flexibility index (Phi) is 4.86. The number of thiophene rings is 1. The number of likely N-dealkylation sites (tertiary alicyclic amines) is 1. The molecule has 1 unspecified atom stereocenters. The minimum Gasteiger partial charge on any atom is -0.355 e. The molecule has 1 spiro atoms. The highest BCUT2D eigenvalue weighted by molar-refractivity contribution is 7.07. The van der Waals surface area contributed by atoms with Crippen molar-refractivity contribution in [2.75, 3.05) is 19.6 Å². The van der Waals surface area contributed by atoms with Gasteiger partial charge >= 0.3 is 0 Å². The van der Waals surface area contributed by atoms with Crippen LogP contribution in [0.4, 0.5) is 0 Å². The summed E-state index contributed by atoms with van der Waals surface area (Å²) in [4.78, 5) is 19.3. The first-order chi connectivity index (χ1) is 12.3. The van der Waals surface area contributed by atoms with E-state index >= 15 is 0 Å². The van der Waals surface area contributed by atoms with Crippen molar-refractivity contribution in [2.45, 2.75) is 32.2 Å². The van der Waals surface area contributed by atoms with Crippen molar-refractivity contribution in [3.63, 3.8) is 0 Å². The van der Waals surface area contributed by atoms with Crippen LogP contribution in [0, 0.1) is 11.3 Å². The Hall–Kier alpha value is -1.72. The predicted molar refractivity (Wildman–Crippen MR) is 100 cm³/mol. The zero-order chi connectivity index (χ0) is 17.1. The molecule has 2 fully saturated rings. The number of amides is 1. The minimum atomic E-state index is 0.236. The fourth-order valence-corrected chi connectivity index (χ4v) is 4.71. The van der Waals surface area contributed by atoms with Crippen LogP contribution in [0.25, 0.3) is 0 Å². The van der Waals surface area contributed by atoms with Gasteiger partial charge in [-0.25, -0.2) is 0 Å². The van der Waals surface area contributed by atoms with E-state index in [1.807, 2.05) is 18.2 Å². The maximum Gasteiger partial charge on any atom is 0.223 e. The van der Waals surface area contributed by atoms with Crippen molar-refractivity contribution < 1.29 is 4.79 Å². The number of rotatable bonds is 6. The van der Waals surface area contributed by atoms with Crippen LogP contribution in [0.5, 0.6) is 0 Å². The summed E-state index contributed by atoms with van der Waals surface area (Å²) in [6.45, 7) is 3.98. The van der Waals surface area contributed by atoms with Crippen molar-refractivity contribution in [2.24, 2.45) is 11.3 Å². The van der Waals surface area contributed by atoms with Crippen molar-refractivity contribution in [3.05, 3.63) is 52.5 Å². The molecule has 2 aromatic heterocycles. The van der Waals surface area contributed by atoms with Crippen LogP contribution in [-0.4, -0.2) is 35.4 Å². The summed E-state index contributed by atoms with van der Waals surface area (Å²) in [6.07, 6.45) is 6.01. The van der Waals surface area contributed by atoms with Gasteiger partial charge in [-0.15, -0.1) is 0 Å². The highest BCUT2D eigenvalue weighted by atomic mass is 32.1. The van der Waals surface area contributed by atoms with Crippen LogP contribution in [0.2, 0.25) is 0 Å². The van der Waals surface area contributed by atoms with Crippen LogP contribution in [0.15, 0.2) is 41.2 Å². The fourth-order valence-electron chi connectivity index (χ4n) is 4.05. The second-order valence-corrected chi connectivity index (χ2v) is 8.17. The third-order valence-corrected chi connectivity index (χ3v) is 6.48. The zero-order valence-corrected chi connectivity index (χ0v) is 15.3. The van der Waals surface area contributed by atoms with Gasteiger partial charge in [-0.2, -0.15) is 11.3 Å². The molecule has 1 N–H and O–H groups in total. The largest absolute Gasteiger partial charge is 0.355 e. The number of aromatic nitrogens is 1. The quantitative estimate of drug-likeness (QED) is 0.866. The fraction of sp³-hybridized carbons (Fsp3) is 0.500. The van der Waals surface area contributed by atoms with Crippen LogP contribution in [0.3, 0.4) is 0 Å². The number of nitrogens with zero attached hydrogens (tertiary/aromatic N) is 2. The molecule has 0 radical (unpaired) electrons. The molecule has 0 bridgehead atoms. The number of pyridine rings is 1. The van der Waals surface area contributed by atoms with E-state index in [0.717, 1.165) is 51.0 Å². The number of hydrogen-bond donors (Lipinski definition) is 1. The molecule has 1 amide bonds. The van der Waals surface area contributed by atoms with Gasteiger partial charge in [0.15, 0.2) is 0 Å². The van der Waals surface area contributed by atoms with Gasteiger partial charge in [-0.05, 0) is 72.3 Å². The average Bonchev–Trinajstić information content (AvgIpc) is 3.09. The second kappa shape index (κ2) is 7.26. The van der Waals surface area contributed by atoms with Gasteiger partial charge in [0.1, 0.15) is 0 Å². The highest BCUT2D eigenvalue weighted by Gasteiger charge is 2.58. The van der Waals surface area contributed by atoms with Crippen LogP contribution < -0.4 is 5.32 Å². The molecule has 1 saturated heterocycles. The maximum atomic E-state index is 12.5. The summed E-state index contributed by atoms with van der Waals surface area (Å²) in [5.74, 6) is 0.488. The summed E-state index contributed by atoms with van der Waals surface area (Å²) < 4.78 is 0. The molecule has 25 heavy (non-hydrogen) atoms. The third kappa shape index (κ3) is 3.93. The van der Waals surface area contributed by atoms with Crippen molar-refractivity contribution in [1.29, 1.82) is 0 Å². The van der Waals surface area contributed by atoms with Gasteiger partial charge < -0.3 is 5.32 Å². The lowest BCUT2D eigenvalue weighted by molar-refractivity contribution is -0.123. The normalized spacial score (nSPS) is 22.0. The second-order valence-electron chi connectivity index (χ2n) is 7.39. The molecule has 4 rings (SSSR count). The highest BCUT2D eigenvalue weighted by Crippen LogP contribution is 2.59. The van der Waals surface area contributed by atoms with Crippen molar-refractivity contribution in [1.82, 2.24) is 15.2 Å². The van der Waals surface area contributed by atoms with Crippen LogP contribution >= 0.6 is 11.3 Å². The Balaban J connectivity index is 1.20. The van der Waals surface area contributed by atoms with Gasteiger partial charge in [0.2, 0.25) is 5.91 Å². The number of nitrogens with one attached hydrogen (secondary N) is 1. The summed E-state index contributed by atoms with van der Waals surface area (Å²) in [7, 11) is 0. The Bertz CT molecular complexity index is 693. The van der Waals surface area contributed by atoms with Crippen LogP contribution in [-0.2, 0) is 17.8 Å². The van der Waals surface area contributed by atoms with Crippen molar-refractivity contribution in [3.8, 4) is 0 Å². The van der Waals surface area contributed by atoms with E-state index in [1.54, 1.807) is 17.5 Å². The lowest BCUT2D eigenvalue weighted by Crippen LogP contribution is -2.37. The van der Waals surface area contributed by atoms with Gasteiger partial charge in [-0.1, -0.05) is 6.07 Å². The number of carbonyl (C=O) groups excluding carboxylic acids is 1. The first-order valence-electron chi connectivity index (χ1n) is 9.16. The molecule has 3 heterocycles. The summed E-state index contributed by atoms with van der Waals surface area (Å²) in [6, 6.07) is 8.13. The number of hydrogen-bond acceptors (Lipinski definition) is 4. The Morgan fingerprint density at radius 1 is 1.32 bits per heavy atom. The van der Waals surface area contributed by atoms with E-state index in [-0.39, 0.29) is 11.8 Å². The molecular formula is C20H25N3OS. The smallest absolute Gasteiger partial charge is 0.223 e. The first-order valence-corrected chi connectivity index (χ1v) is 10.1. The zero-order valence-electron chi connectivity index (χ0n) is 14.5. The molecule has 1 saturated carbocycles.